The minimum atomic E-state index is 0.116. The molecule has 0 spiro atoms. The summed E-state index contributed by atoms with van der Waals surface area (Å²) < 4.78 is 0. The normalized spacial score (nSPS) is 28.9. The summed E-state index contributed by atoms with van der Waals surface area (Å²) in [4.78, 5) is 2.71. The van der Waals surface area contributed by atoms with Gasteiger partial charge < -0.3 is 5.73 Å². The number of hydrogen-bond donors (Lipinski definition) is 1. The average Bonchev–Trinajstić information content (AvgIpc) is 3.11. The van der Waals surface area contributed by atoms with Crippen molar-refractivity contribution in [2.45, 2.75) is 49.9 Å². The third-order valence-corrected chi connectivity index (χ3v) is 5.77. The van der Waals surface area contributed by atoms with Crippen molar-refractivity contribution in [1.29, 1.82) is 0 Å². The number of nitrogens with zero attached hydrogens (tertiary/aromatic N) is 1. The average molecular weight is 292 g/mol. The van der Waals surface area contributed by atoms with E-state index in [1.807, 2.05) is 0 Å². The number of benzene rings is 2. The van der Waals surface area contributed by atoms with E-state index in [2.05, 4.69) is 65.6 Å². The van der Waals surface area contributed by atoms with E-state index >= 15 is 0 Å². The van der Waals surface area contributed by atoms with E-state index in [1.54, 1.807) is 0 Å². The zero-order chi connectivity index (χ0) is 15.0. The molecule has 2 fully saturated rings. The van der Waals surface area contributed by atoms with E-state index in [0.717, 1.165) is 12.6 Å². The molecule has 1 unspecified atom stereocenters. The van der Waals surface area contributed by atoms with Crippen LogP contribution in [0.5, 0.6) is 0 Å². The fourth-order valence-electron chi connectivity index (χ4n) is 4.59. The smallest absolute Gasteiger partial charge is 0.0482 e. The SMILES string of the molecule is NC(c1ccccc1)C12CCC(CC1)N2Cc1ccccc1. The standard InChI is InChI=1S/C20H24N2/c21-19(17-9-5-2-6-10-17)20-13-11-18(12-14-20)22(20)15-16-7-3-1-4-8-16/h1-10,18-19H,11-15,21H2. The Morgan fingerprint density at radius 1 is 0.955 bits per heavy atom. The molecule has 1 atom stereocenters. The molecule has 2 aliphatic heterocycles. The van der Waals surface area contributed by atoms with Crippen molar-refractivity contribution in [3.05, 3.63) is 71.8 Å². The number of rotatable bonds is 4. The Balaban J connectivity index is 1.64. The van der Waals surface area contributed by atoms with E-state index in [0.29, 0.717) is 0 Å². The third kappa shape index (κ3) is 2.18. The molecule has 114 valence electrons. The van der Waals surface area contributed by atoms with Crippen LogP contribution >= 0.6 is 0 Å². The van der Waals surface area contributed by atoms with E-state index in [-0.39, 0.29) is 11.6 Å². The van der Waals surface area contributed by atoms with Crippen LogP contribution in [0.1, 0.15) is 42.9 Å². The summed E-state index contributed by atoms with van der Waals surface area (Å²) in [5.41, 5.74) is 9.61. The van der Waals surface area contributed by atoms with Crippen LogP contribution in [0.25, 0.3) is 0 Å². The minimum Gasteiger partial charge on any atom is -0.322 e. The van der Waals surface area contributed by atoms with Crippen LogP contribution in [0, 0.1) is 0 Å². The molecule has 2 heteroatoms. The summed E-state index contributed by atoms with van der Waals surface area (Å²) in [6, 6.07) is 22.3. The van der Waals surface area contributed by atoms with E-state index in [1.165, 1.54) is 36.8 Å². The van der Waals surface area contributed by atoms with Crippen LogP contribution in [0.15, 0.2) is 60.7 Å². The van der Waals surface area contributed by atoms with Crippen molar-refractivity contribution in [3.8, 4) is 0 Å². The van der Waals surface area contributed by atoms with Gasteiger partial charge >= 0.3 is 0 Å². The van der Waals surface area contributed by atoms with Crippen LogP contribution in [0.4, 0.5) is 0 Å². The molecule has 2 saturated heterocycles. The molecule has 0 aromatic heterocycles. The van der Waals surface area contributed by atoms with Crippen molar-refractivity contribution in [1.82, 2.24) is 4.90 Å². The maximum absolute atomic E-state index is 6.77. The molecule has 2 N–H and O–H groups in total. The molecule has 22 heavy (non-hydrogen) atoms. The first-order chi connectivity index (χ1) is 10.8. The highest BCUT2D eigenvalue weighted by Crippen LogP contribution is 2.52. The van der Waals surface area contributed by atoms with Gasteiger partial charge in [0, 0.05) is 24.2 Å². The van der Waals surface area contributed by atoms with Crippen molar-refractivity contribution >= 4 is 0 Å². The maximum atomic E-state index is 6.77. The summed E-state index contributed by atoms with van der Waals surface area (Å²) >= 11 is 0. The number of hydrogen-bond acceptors (Lipinski definition) is 2. The van der Waals surface area contributed by atoms with Gasteiger partial charge in [-0.2, -0.15) is 0 Å². The van der Waals surface area contributed by atoms with Gasteiger partial charge in [-0.15, -0.1) is 0 Å². The Bertz CT molecular complexity index is 615. The molecule has 0 amide bonds. The van der Waals surface area contributed by atoms with Gasteiger partial charge in [0.05, 0.1) is 0 Å². The zero-order valence-electron chi connectivity index (χ0n) is 13.0. The molecule has 2 heterocycles. The van der Waals surface area contributed by atoms with Crippen LogP contribution in [-0.2, 0) is 6.54 Å². The van der Waals surface area contributed by atoms with E-state index in [9.17, 15) is 0 Å². The Kier molecular flexibility index (Phi) is 3.51. The molecule has 0 saturated carbocycles. The van der Waals surface area contributed by atoms with Gasteiger partial charge in [-0.05, 0) is 36.8 Å². The van der Waals surface area contributed by atoms with Gasteiger partial charge in [0.25, 0.3) is 0 Å². The summed E-state index contributed by atoms with van der Waals surface area (Å²) in [6.07, 6.45) is 5.07. The molecular formula is C20H24N2. The van der Waals surface area contributed by atoms with Crippen molar-refractivity contribution < 1.29 is 0 Å². The molecular weight excluding hydrogens is 268 g/mol. The van der Waals surface area contributed by atoms with Crippen LogP contribution < -0.4 is 5.73 Å². The monoisotopic (exact) mass is 292 g/mol. The molecule has 2 aromatic carbocycles. The second-order valence-corrected chi connectivity index (χ2v) is 6.84. The molecule has 0 aliphatic carbocycles. The van der Waals surface area contributed by atoms with Gasteiger partial charge in [-0.25, -0.2) is 0 Å². The van der Waals surface area contributed by atoms with Gasteiger partial charge in [0.1, 0.15) is 0 Å². The van der Waals surface area contributed by atoms with Crippen molar-refractivity contribution in [2.24, 2.45) is 5.73 Å². The van der Waals surface area contributed by atoms with Crippen molar-refractivity contribution in [2.75, 3.05) is 0 Å². The molecule has 0 radical (unpaired) electrons. The molecule has 2 nitrogen and oxygen atoms in total. The second-order valence-electron chi connectivity index (χ2n) is 6.84. The summed E-state index contributed by atoms with van der Waals surface area (Å²) in [6.45, 7) is 1.03. The predicted molar refractivity (Wildman–Crippen MR) is 90.3 cm³/mol. The Hall–Kier alpha value is -1.64. The largest absolute Gasteiger partial charge is 0.322 e. The fraction of sp³-hybridized carbons (Fsp3) is 0.400. The van der Waals surface area contributed by atoms with Gasteiger partial charge in [-0.3, -0.25) is 4.90 Å². The van der Waals surface area contributed by atoms with Gasteiger partial charge in [0.15, 0.2) is 0 Å². The van der Waals surface area contributed by atoms with Crippen LogP contribution in [0.2, 0.25) is 0 Å². The number of fused-ring (bicyclic) bond motifs is 2. The molecule has 4 rings (SSSR count). The van der Waals surface area contributed by atoms with Gasteiger partial charge in [0.2, 0.25) is 0 Å². The zero-order valence-corrected chi connectivity index (χ0v) is 13.0. The Morgan fingerprint density at radius 3 is 2.18 bits per heavy atom. The fourth-order valence-corrected chi connectivity index (χ4v) is 4.59. The first-order valence-electron chi connectivity index (χ1n) is 8.41. The lowest BCUT2D eigenvalue weighted by Gasteiger charge is -2.40. The quantitative estimate of drug-likeness (QED) is 0.926. The summed E-state index contributed by atoms with van der Waals surface area (Å²) in [5, 5.41) is 0. The Morgan fingerprint density at radius 2 is 1.55 bits per heavy atom. The van der Waals surface area contributed by atoms with Crippen molar-refractivity contribution in [3.63, 3.8) is 0 Å². The molecule has 2 aliphatic rings. The lowest BCUT2D eigenvalue weighted by atomic mass is 9.79. The predicted octanol–water partition coefficient (Wildman–Crippen LogP) is 3.88. The maximum Gasteiger partial charge on any atom is 0.0482 e. The highest BCUT2D eigenvalue weighted by molar-refractivity contribution is 5.27. The highest BCUT2D eigenvalue weighted by Gasteiger charge is 2.54. The topological polar surface area (TPSA) is 29.3 Å². The minimum absolute atomic E-state index is 0.116. The first kappa shape index (κ1) is 14.0. The summed E-state index contributed by atoms with van der Waals surface area (Å²) in [5.74, 6) is 0. The Labute approximate surface area is 132 Å². The molecule has 2 bridgehead atoms. The number of nitrogens with two attached hydrogens (primary N) is 1. The molecule has 2 aromatic rings. The van der Waals surface area contributed by atoms with E-state index in [4.69, 9.17) is 5.73 Å². The second kappa shape index (κ2) is 5.53. The van der Waals surface area contributed by atoms with E-state index < -0.39 is 0 Å². The first-order valence-corrected chi connectivity index (χ1v) is 8.41. The highest BCUT2D eigenvalue weighted by atomic mass is 15.3. The van der Waals surface area contributed by atoms with Crippen LogP contribution in [-0.4, -0.2) is 16.5 Å². The lowest BCUT2D eigenvalue weighted by molar-refractivity contribution is 0.116. The summed E-state index contributed by atoms with van der Waals surface area (Å²) in [7, 11) is 0. The van der Waals surface area contributed by atoms with Crippen LogP contribution in [0.3, 0.4) is 0 Å². The third-order valence-electron chi connectivity index (χ3n) is 5.77. The van der Waals surface area contributed by atoms with Gasteiger partial charge in [-0.1, -0.05) is 60.7 Å². The lowest BCUT2D eigenvalue weighted by Crippen LogP contribution is -2.48.